The number of pyridine rings is 1. The minimum atomic E-state index is -0.245. The molecule has 0 saturated heterocycles. The number of benzene rings is 3. The smallest absolute Gasteiger partial charge is 0.254 e. The molecule has 33 heavy (non-hydrogen) atoms. The standard InChI is InChI=1S/C26H21ClN2O4/c27-21-8-4-7-18(12-21)26(31)29(10-9-17-5-2-1-3-6-17)15-20-11-19-13-23-24(33-16-32-23)14-22(19)28-25(20)30/h1-8,11-14H,9-10,15-16H2,(H,28,30). The van der Waals surface area contributed by atoms with Crippen molar-refractivity contribution in [2.45, 2.75) is 13.0 Å². The second kappa shape index (κ2) is 9.00. The maximum atomic E-state index is 13.4. The number of fused-ring (bicyclic) bond motifs is 2. The van der Waals surface area contributed by atoms with Gasteiger partial charge in [0.15, 0.2) is 11.5 Å². The van der Waals surface area contributed by atoms with Gasteiger partial charge in [-0.15, -0.1) is 0 Å². The predicted octanol–water partition coefficient (Wildman–Crippen LogP) is 4.80. The van der Waals surface area contributed by atoms with Crippen molar-refractivity contribution in [3.8, 4) is 11.5 Å². The van der Waals surface area contributed by atoms with Gasteiger partial charge in [0.05, 0.1) is 12.1 Å². The molecule has 0 radical (unpaired) electrons. The Morgan fingerprint density at radius 3 is 2.55 bits per heavy atom. The molecule has 0 atom stereocenters. The highest BCUT2D eigenvalue weighted by Crippen LogP contribution is 2.35. The number of ether oxygens (including phenoxy) is 2. The Morgan fingerprint density at radius 2 is 1.76 bits per heavy atom. The molecular weight excluding hydrogens is 440 g/mol. The first-order valence-electron chi connectivity index (χ1n) is 10.6. The van der Waals surface area contributed by atoms with Crippen LogP contribution in [0.1, 0.15) is 21.5 Å². The number of hydrogen-bond donors (Lipinski definition) is 1. The highest BCUT2D eigenvalue weighted by atomic mass is 35.5. The van der Waals surface area contributed by atoms with Crippen molar-refractivity contribution in [2.24, 2.45) is 0 Å². The number of aromatic amines is 1. The summed E-state index contributed by atoms with van der Waals surface area (Å²) < 4.78 is 10.9. The maximum Gasteiger partial charge on any atom is 0.254 e. The fraction of sp³-hybridized carbons (Fsp3) is 0.154. The fourth-order valence-corrected chi connectivity index (χ4v) is 4.12. The van der Waals surface area contributed by atoms with Gasteiger partial charge in [-0.25, -0.2) is 0 Å². The largest absolute Gasteiger partial charge is 0.454 e. The van der Waals surface area contributed by atoms with Crippen LogP contribution in [0.5, 0.6) is 11.5 Å². The van der Waals surface area contributed by atoms with Crippen LogP contribution in [0.25, 0.3) is 10.9 Å². The summed E-state index contributed by atoms with van der Waals surface area (Å²) in [7, 11) is 0. The van der Waals surface area contributed by atoms with E-state index in [0.717, 1.165) is 10.9 Å². The van der Waals surface area contributed by atoms with Crippen LogP contribution in [-0.4, -0.2) is 29.1 Å². The van der Waals surface area contributed by atoms with E-state index in [1.165, 1.54) is 0 Å². The molecule has 0 aliphatic carbocycles. The van der Waals surface area contributed by atoms with Crippen molar-refractivity contribution < 1.29 is 14.3 Å². The Labute approximate surface area is 195 Å². The van der Waals surface area contributed by atoms with Gasteiger partial charge in [0.25, 0.3) is 11.5 Å². The molecule has 1 aromatic heterocycles. The van der Waals surface area contributed by atoms with Gasteiger partial charge in [0.1, 0.15) is 0 Å². The van der Waals surface area contributed by atoms with Crippen LogP contribution in [0.2, 0.25) is 5.02 Å². The molecule has 0 spiro atoms. The molecule has 166 valence electrons. The lowest BCUT2D eigenvalue weighted by Gasteiger charge is -2.23. The highest BCUT2D eigenvalue weighted by Gasteiger charge is 2.20. The summed E-state index contributed by atoms with van der Waals surface area (Å²) in [5, 5.41) is 1.30. The lowest BCUT2D eigenvalue weighted by Crippen LogP contribution is -2.34. The molecule has 6 nitrogen and oxygen atoms in total. The highest BCUT2D eigenvalue weighted by molar-refractivity contribution is 6.30. The number of nitrogens with one attached hydrogen (secondary N) is 1. The molecule has 7 heteroatoms. The second-order valence-corrected chi connectivity index (χ2v) is 8.33. The van der Waals surface area contributed by atoms with Crippen molar-refractivity contribution in [3.05, 3.63) is 105 Å². The average Bonchev–Trinajstić information content (AvgIpc) is 3.28. The van der Waals surface area contributed by atoms with Crippen LogP contribution < -0.4 is 15.0 Å². The van der Waals surface area contributed by atoms with Crippen LogP contribution in [0.15, 0.2) is 77.6 Å². The first-order valence-corrected chi connectivity index (χ1v) is 11.0. The van der Waals surface area contributed by atoms with Gasteiger partial charge in [0.2, 0.25) is 6.79 Å². The fourth-order valence-electron chi connectivity index (χ4n) is 3.93. The van der Waals surface area contributed by atoms with Gasteiger partial charge in [-0.1, -0.05) is 48.0 Å². The number of H-pyrrole nitrogens is 1. The van der Waals surface area contributed by atoms with Crippen molar-refractivity contribution in [1.82, 2.24) is 9.88 Å². The van der Waals surface area contributed by atoms with E-state index in [9.17, 15) is 9.59 Å². The van der Waals surface area contributed by atoms with Crippen LogP contribution >= 0.6 is 11.6 Å². The molecule has 1 amide bonds. The number of carbonyl (C=O) groups excluding carboxylic acids is 1. The molecule has 0 fully saturated rings. The normalized spacial score (nSPS) is 12.2. The summed E-state index contributed by atoms with van der Waals surface area (Å²) in [6.45, 7) is 0.774. The van der Waals surface area contributed by atoms with E-state index in [1.54, 1.807) is 41.3 Å². The molecule has 1 aliphatic rings. The zero-order chi connectivity index (χ0) is 22.8. The van der Waals surface area contributed by atoms with E-state index in [4.69, 9.17) is 21.1 Å². The van der Waals surface area contributed by atoms with Crippen LogP contribution in [0, 0.1) is 0 Å². The molecular formula is C26H21ClN2O4. The van der Waals surface area contributed by atoms with Crippen molar-refractivity contribution in [3.63, 3.8) is 0 Å². The number of hydrogen-bond acceptors (Lipinski definition) is 4. The summed E-state index contributed by atoms with van der Waals surface area (Å²) >= 11 is 6.12. The minimum Gasteiger partial charge on any atom is -0.454 e. The van der Waals surface area contributed by atoms with Crippen molar-refractivity contribution in [1.29, 1.82) is 0 Å². The lowest BCUT2D eigenvalue weighted by atomic mass is 10.1. The number of nitrogens with zero attached hydrogens (tertiary/aromatic N) is 1. The van der Waals surface area contributed by atoms with Crippen molar-refractivity contribution >= 4 is 28.4 Å². The molecule has 1 N–H and O–H groups in total. The van der Waals surface area contributed by atoms with Crippen LogP contribution in [0.4, 0.5) is 0 Å². The van der Waals surface area contributed by atoms with E-state index >= 15 is 0 Å². The van der Waals surface area contributed by atoms with Gasteiger partial charge in [-0.2, -0.15) is 0 Å². The van der Waals surface area contributed by atoms with E-state index in [0.29, 0.717) is 46.1 Å². The zero-order valence-corrected chi connectivity index (χ0v) is 18.5. The Balaban J connectivity index is 1.47. The quantitative estimate of drug-likeness (QED) is 0.449. The van der Waals surface area contributed by atoms with Crippen molar-refractivity contribution in [2.75, 3.05) is 13.3 Å². The van der Waals surface area contributed by atoms with E-state index in [2.05, 4.69) is 4.98 Å². The summed E-state index contributed by atoms with van der Waals surface area (Å²) in [5.41, 5.74) is 2.50. The van der Waals surface area contributed by atoms with Gasteiger partial charge < -0.3 is 19.4 Å². The molecule has 0 saturated carbocycles. The molecule has 1 aliphatic heterocycles. The van der Waals surface area contributed by atoms with Crippen LogP contribution in [-0.2, 0) is 13.0 Å². The number of halogens is 1. The third-order valence-electron chi connectivity index (χ3n) is 5.65. The Morgan fingerprint density at radius 1 is 0.970 bits per heavy atom. The average molecular weight is 461 g/mol. The van der Waals surface area contributed by atoms with E-state index in [1.807, 2.05) is 36.4 Å². The number of carbonyl (C=O) groups is 1. The Bertz CT molecular complexity index is 1380. The summed E-state index contributed by atoms with van der Waals surface area (Å²) in [5.74, 6) is 1.06. The monoisotopic (exact) mass is 460 g/mol. The third kappa shape index (κ3) is 4.56. The molecule has 5 rings (SSSR count). The molecule has 4 aromatic rings. The van der Waals surface area contributed by atoms with Crippen LogP contribution in [0.3, 0.4) is 0 Å². The molecule has 3 aromatic carbocycles. The Hall–Kier alpha value is -3.77. The van der Waals surface area contributed by atoms with Gasteiger partial charge in [0, 0.05) is 34.1 Å². The topological polar surface area (TPSA) is 71.6 Å². The first kappa shape index (κ1) is 21.1. The summed E-state index contributed by atoms with van der Waals surface area (Å²) in [4.78, 5) is 30.8. The van der Waals surface area contributed by atoms with E-state index in [-0.39, 0.29) is 24.8 Å². The number of amides is 1. The first-order chi connectivity index (χ1) is 16.1. The predicted molar refractivity (Wildman–Crippen MR) is 127 cm³/mol. The zero-order valence-electron chi connectivity index (χ0n) is 17.7. The summed E-state index contributed by atoms with van der Waals surface area (Å²) in [6, 6.07) is 22.2. The number of aromatic nitrogens is 1. The number of rotatable bonds is 6. The minimum absolute atomic E-state index is 0.157. The molecule has 0 unspecified atom stereocenters. The lowest BCUT2D eigenvalue weighted by molar-refractivity contribution is 0.0744. The maximum absolute atomic E-state index is 13.4. The SMILES string of the molecule is O=C(c1cccc(Cl)c1)N(CCc1ccccc1)Cc1cc2cc3c(cc2[nH]c1=O)OCO3. The third-order valence-corrected chi connectivity index (χ3v) is 5.88. The van der Waals surface area contributed by atoms with Gasteiger partial charge in [-0.3, -0.25) is 9.59 Å². The van der Waals surface area contributed by atoms with Gasteiger partial charge >= 0.3 is 0 Å². The molecule has 0 bridgehead atoms. The van der Waals surface area contributed by atoms with E-state index < -0.39 is 0 Å². The summed E-state index contributed by atoms with van der Waals surface area (Å²) in [6.07, 6.45) is 0.664. The Kier molecular flexibility index (Phi) is 5.75. The second-order valence-electron chi connectivity index (χ2n) is 7.89. The molecule has 2 heterocycles. The van der Waals surface area contributed by atoms with Gasteiger partial charge in [-0.05, 0) is 42.3 Å².